The molecule has 1 unspecified atom stereocenters. The second kappa shape index (κ2) is 11.6. The monoisotopic (exact) mass is 502 g/mol. The van der Waals surface area contributed by atoms with Gasteiger partial charge >= 0.3 is 12.1 Å². The van der Waals surface area contributed by atoms with Gasteiger partial charge in [-0.2, -0.15) is 0 Å². The molecule has 1 heterocycles. The van der Waals surface area contributed by atoms with Crippen molar-refractivity contribution in [3.63, 3.8) is 0 Å². The van der Waals surface area contributed by atoms with Crippen molar-refractivity contribution in [2.45, 2.75) is 39.5 Å². The summed E-state index contributed by atoms with van der Waals surface area (Å²) in [4.78, 5) is 50.2. The Labute approximate surface area is 207 Å². The summed E-state index contributed by atoms with van der Waals surface area (Å²) in [5.41, 5.74) is 2.35. The van der Waals surface area contributed by atoms with Crippen molar-refractivity contribution in [3.8, 4) is 5.75 Å². The Bertz CT molecular complexity index is 1100. The quantitative estimate of drug-likeness (QED) is 0.284. The number of nitrogens with zero attached hydrogens (tertiary/aromatic N) is 4. The molecule has 5 amide bonds. The van der Waals surface area contributed by atoms with Crippen molar-refractivity contribution in [2.24, 2.45) is 11.0 Å². The number of imide groups is 1. The molecule has 2 aromatic carbocycles. The minimum atomic E-state index is -1.06. The SMILES string of the molecule is CCCOc1ccc(NC2N(N)C(=O)N(CCC(=O)N=O)C(=O)N2Cc2ccc(C)cc2)cc1Cl. The summed E-state index contributed by atoms with van der Waals surface area (Å²) in [6.45, 7) is 4.21. The zero-order valence-electron chi connectivity index (χ0n) is 19.4. The van der Waals surface area contributed by atoms with E-state index < -0.39 is 30.7 Å². The Morgan fingerprint density at radius 1 is 1.17 bits per heavy atom. The molecule has 2 aromatic rings. The van der Waals surface area contributed by atoms with Crippen LogP contribution in [0.1, 0.15) is 30.9 Å². The molecule has 1 fully saturated rings. The first kappa shape index (κ1) is 25.9. The molecule has 3 rings (SSSR count). The molecule has 12 heteroatoms. The topological polar surface area (TPSA) is 138 Å². The lowest BCUT2D eigenvalue weighted by atomic mass is 10.1. The van der Waals surface area contributed by atoms with E-state index in [9.17, 15) is 19.3 Å². The summed E-state index contributed by atoms with van der Waals surface area (Å²) in [5.74, 6) is 5.66. The molecule has 1 aliphatic heterocycles. The lowest BCUT2D eigenvalue weighted by Gasteiger charge is -2.45. The molecule has 3 N–H and O–H groups in total. The average Bonchev–Trinajstić information content (AvgIpc) is 2.85. The Kier molecular flexibility index (Phi) is 8.61. The summed E-state index contributed by atoms with van der Waals surface area (Å²) >= 11 is 6.33. The maximum absolute atomic E-state index is 13.3. The number of ether oxygens (including phenoxy) is 1. The van der Waals surface area contributed by atoms with Crippen LogP contribution < -0.4 is 15.9 Å². The maximum atomic E-state index is 13.3. The number of nitrogens with two attached hydrogens (primary N) is 1. The van der Waals surface area contributed by atoms with Crippen LogP contribution in [0.2, 0.25) is 5.02 Å². The Morgan fingerprint density at radius 3 is 2.51 bits per heavy atom. The molecule has 1 saturated heterocycles. The van der Waals surface area contributed by atoms with Gasteiger partial charge in [0.25, 0.3) is 5.91 Å². The highest BCUT2D eigenvalue weighted by atomic mass is 35.5. The van der Waals surface area contributed by atoms with E-state index in [-0.39, 0.29) is 13.1 Å². The van der Waals surface area contributed by atoms with Gasteiger partial charge < -0.3 is 10.1 Å². The molecule has 11 nitrogen and oxygen atoms in total. The van der Waals surface area contributed by atoms with Crippen molar-refractivity contribution in [2.75, 3.05) is 18.5 Å². The van der Waals surface area contributed by atoms with Gasteiger partial charge in [-0.1, -0.05) is 48.4 Å². The summed E-state index contributed by atoms with van der Waals surface area (Å²) < 4.78 is 5.59. The molecule has 0 saturated carbocycles. The van der Waals surface area contributed by atoms with Gasteiger partial charge in [0.05, 0.1) is 24.6 Å². The van der Waals surface area contributed by atoms with Crippen LogP contribution in [0.4, 0.5) is 15.3 Å². The van der Waals surface area contributed by atoms with Crippen LogP contribution in [0.3, 0.4) is 0 Å². The summed E-state index contributed by atoms with van der Waals surface area (Å²) in [7, 11) is 0. The van der Waals surface area contributed by atoms with Crippen molar-refractivity contribution < 1.29 is 19.1 Å². The van der Waals surface area contributed by atoms with Gasteiger partial charge in [0.1, 0.15) is 5.75 Å². The third-order valence-corrected chi connectivity index (χ3v) is 5.60. The minimum absolute atomic E-state index is 0.111. The fourth-order valence-electron chi connectivity index (χ4n) is 3.44. The van der Waals surface area contributed by atoms with Crippen LogP contribution in [-0.2, 0) is 11.3 Å². The van der Waals surface area contributed by atoms with Crippen LogP contribution in [0, 0.1) is 11.8 Å². The molecule has 0 aliphatic carbocycles. The summed E-state index contributed by atoms with van der Waals surface area (Å²) in [5, 5.41) is 6.59. The van der Waals surface area contributed by atoms with Crippen LogP contribution in [0.15, 0.2) is 47.6 Å². The van der Waals surface area contributed by atoms with Gasteiger partial charge in [0.15, 0.2) is 0 Å². The van der Waals surface area contributed by atoms with Crippen molar-refractivity contribution >= 4 is 35.3 Å². The van der Waals surface area contributed by atoms with Crippen molar-refractivity contribution in [1.29, 1.82) is 0 Å². The number of aryl methyl sites for hydroxylation is 1. The Hall–Kier alpha value is -3.70. The smallest absolute Gasteiger partial charge is 0.345 e. The van der Waals surface area contributed by atoms with E-state index in [1.807, 2.05) is 38.1 Å². The van der Waals surface area contributed by atoms with Gasteiger partial charge in [-0.25, -0.2) is 25.3 Å². The van der Waals surface area contributed by atoms with Gasteiger partial charge in [-0.05, 0) is 37.1 Å². The number of halogens is 1. The molecule has 1 aliphatic rings. The highest BCUT2D eigenvalue weighted by molar-refractivity contribution is 6.32. The molecule has 0 bridgehead atoms. The van der Waals surface area contributed by atoms with Gasteiger partial charge in [-0.15, -0.1) is 4.91 Å². The highest BCUT2D eigenvalue weighted by Gasteiger charge is 2.43. The predicted molar refractivity (Wildman–Crippen MR) is 130 cm³/mol. The fraction of sp³-hybridized carbons (Fsp3) is 0.348. The second-order valence-corrected chi connectivity index (χ2v) is 8.39. The number of nitrogens with one attached hydrogen (secondary N) is 1. The lowest BCUT2D eigenvalue weighted by molar-refractivity contribution is -0.118. The maximum Gasteiger partial charge on any atom is 0.345 e. The van der Waals surface area contributed by atoms with Crippen molar-refractivity contribution in [1.82, 2.24) is 14.8 Å². The fourth-order valence-corrected chi connectivity index (χ4v) is 3.68. The first-order valence-corrected chi connectivity index (χ1v) is 11.4. The number of urea groups is 2. The molecular weight excluding hydrogens is 476 g/mol. The Morgan fingerprint density at radius 2 is 1.89 bits per heavy atom. The molecular formula is C23H27ClN6O5. The number of amides is 5. The molecule has 0 spiro atoms. The standard InChI is InChI=1S/C23H27ClN6O5/c1-3-12-35-19-9-8-17(13-18(19)24)26-21-29(14-16-6-4-15(2)5-7-16)22(32)28(23(33)30(21)25)11-10-20(31)27-34/h4-9,13,21,26H,3,10-12,14,25H2,1-2H3. The summed E-state index contributed by atoms with van der Waals surface area (Å²) in [6.07, 6.45) is -0.643. The number of anilines is 1. The number of hydrogen-bond donors (Lipinski definition) is 2. The second-order valence-electron chi connectivity index (χ2n) is 7.98. The number of benzene rings is 2. The summed E-state index contributed by atoms with van der Waals surface area (Å²) in [6, 6.07) is 11.0. The molecule has 0 radical (unpaired) electrons. The molecule has 35 heavy (non-hydrogen) atoms. The minimum Gasteiger partial charge on any atom is -0.492 e. The van der Waals surface area contributed by atoms with Gasteiger partial charge in [-0.3, -0.25) is 9.69 Å². The van der Waals surface area contributed by atoms with Crippen LogP contribution in [0.5, 0.6) is 5.75 Å². The molecule has 1 atom stereocenters. The van der Waals surface area contributed by atoms with Gasteiger partial charge in [0.2, 0.25) is 6.29 Å². The van der Waals surface area contributed by atoms with E-state index in [2.05, 4.69) is 10.5 Å². The number of hydrazine groups is 1. The zero-order valence-corrected chi connectivity index (χ0v) is 20.2. The third kappa shape index (κ3) is 6.25. The lowest BCUT2D eigenvalue weighted by Crippen LogP contribution is -2.70. The first-order chi connectivity index (χ1) is 16.7. The third-order valence-electron chi connectivity index (χ3n) is 5.30. The van der Waals surface area contributed by atoms with E-state index in [1.165, 1.54) is 4.90 Å². The Balaban J connectivity index is 1.89. The molecule has 0 aromatic heterocycles. The van der Waals surface area contributed by atoms with Crippen LogP contribution in [-0.4, -0.2) is 52.2 Å². The first-order valence-electron chi connectivity index (χ1n) is 11.0. The number of rotatable bonds is 10. The van der Waals surface area contributed by atoms with E-state index in [0.29, 0.717) is 23.1 Å². The van der Waals surface area contributed by atoms with Crippen LogP contribution in [0.25, 0.3) is 0 Å². The van der Waals surface area contributed by atoms with Crippen molar-refractivity contribution in [3.05, 3.63) is 63.5 Å². The average molecular weight is 503 g/mol. The van der Waals surface area contributed by atoms with Gasteiger partial charge in [0, 0.05) is 17.4 Å². The number of nitroso groups, excluding NO2 is 1. The van der Waals surface area contributed by atoms with Crippen LogP contribution >= 0.6 is 11.6 Å². The highest BCUT2D eigenvalue weighted by Crippen LogP contribution is 2.29. The van der Waals surface area contributed by atoms with E-state index in [0.717, 1.165) is 27.5 Å². The number of carbonyl (C=O) groups is 3. The number of hydrogen-bond acceptors (Lipinski definition) is 7. The van der Waals surface area contributed by atoms with E-state index in [4.69, 9.17) is 22.2 Å². The van der Waals surface area contributed by atoms with E-state index in [1.54, 1.807) is 18.2 Å². The zero-order chi connectivity index (χ0) is 25.5. The van der Waals surface area contributed by atoms with E-state index >= 15 is 0 Å². The predicted octanol–water partition coefficient (Wildman–Crippen LogP) is 4.05. The largest absolute Gasteiger partial charge is 0.492 e. The molecule has 186 valence electrons. The normalized spacial score (nSPS) is 15.9. The number of carbonyl (C=O) groups excluding carboxylic acids is 3.